The maximum Gasteiger partial charge on any atom is 0.247 e. The van der Waals surface area contributed by atoms with Crippen molar-refractivity contribution in [2.75, 3.05) is 5.88 Å². The second-order valence-corrected chi connectivity index (χ2v) is 8.84. The zero-order valence-electron chi connectivity index (χ0n) is 17.5. The van der Waals surface area contributed by atoms with Crippen molar-refractivity contribution in [1.29, 1.82) is 0 Å². The summed E-state index contributed by atoms with van der Waals surface area (Å²) in [4.78, 5) is 27.7. The van der Waals surface area contributed by atoms with E-state index in [2.05, 4.69) is 12.2 Å². The van der Waals surface area contributed by atoms with Crippen molar-refractivity contribution < 1.29 is 14.0 Å². The molecule has 31 heavy (non-hydrogen) atoms. The zero-order valence-corrected chi connectivity index (χ0v) is 19.0. The van der Waals surface area contributed by atoms with E-state index >= 15 is 0 Å². The lowest BCUT2D eigenvalue weighted by molar-refractivity contribution is -0.140. The highest BCUT2D eigenvalue weighted by Crippen LogP contribution is 2.29. The third kappa shape index (κ3) is 6.20. The lowest BCUT2D eigenvalue weighted by Crippen LogP contribution is -2.47. The maximum atomic E-state index is 13.6. The molecule has 1 aliphatic carbocycles. The normalized spacial score (nSPS) is 19.5. The van der Waals surface area contributed by atoms with Gasteiger partial charge in [0.2, 0.25) is 11.8 Å². The molecule has 2 aromatic rings. The largest absolute Gasteiger partial charge is 0.351 e. The molecule has 0 bridgehead atoms. The SMILES string of the molecule is CC1CCC(NC(=O)C(c2ccc(F)cc2)N(Cc2ccccc2Cl)C(=O)CCl)CC1. The van der Waals surface area contributed by atoms with Crippen LogP contribution in [0.4, 0.5) is 4.39 Å². The van der Waals surface area contributed by atoms with Gasteiger partial charge >= 0.3 is 0 Å². The molecule has 0 aliphatic heterocycles. The van der Waals surface area contributed by atoms with E-state index in [9.17, 15) is 14.0 Å². The summed E-state index contributed by atoms with van der Waals surface area (Å²) in [5.41, 5.74) is 1.22. The third-order valence-electron chi connectivity index (χ3n) is 5.84. The number of benzene rings is 2. The molecule has 1 N–H and O–H groups in total. The number of alkyl halides is 1. The average molecular weight is 465 g/mol. The van der Waals surface area contributed by atoms with Gasteiger partial charge in [-0.15, -0.1) is 11.6 Å². The van der Waals surface area contributed by atoms with Crippen LogP contribution in [0.2, 0.25) is 5.02 Å². The first-order chi connectivity index (χ1) is 14.9. The van der Waals surface area contributed by atoms with Crippen LogP contribution in [0.3, 0.4) is 0 Å². The number of hydrogen-bond acceptors (Lipinski definition) is 2. The summed E-state index contributed by atoms with van der Waals surface area (Å²) in [6.07, 6.45) is 3.90. The number of rotatable bonds is 7. The van der Waals surface area contributed by atoms with Crippen LogP contribution in [0.5, 0.6) is 0 Å². The second-order valence-electron chi connectivity index (χ2n) is 8.17. The average Bonchev–Trinajstić information content (AvgIpc) is 2.77. The zero-order chi connectivity index (χ0) is 22.4. The van der Waals surface area contributed by atoms with Gasteiger partial charge in [0.15, 0.2) is 0 Å². The minimum atomic E-state index is -0.942. The minimum Gasteiger partial charge on any atom is -0.351 e. The molecule has 0 aromatic heterocycles. The molecule has 0 saturated heterocycles. The van der Waals surface area contributed by atoms with Gasteiger partial charge in [-0.3, -0.25) is 9.59 Å². The lowest BCUT2D eigenvalue weighted by atomic mass is 9.87. The van der Waals surface area contributed by atoms with Gasteiger partial charge in [-0.2, -0.15) is 0 Å². The fourth-order valence-corrected chi connectivity index (χ4v) is 4.36. The molecular weight excluding hydrogens is 438 g/mol. The Balaban J connectivity index is 1.93. The van der Waals surface area contributed by atoms with Crippen molar-refractivity contribution in [2.24, 2.45) is 5.92 Å². The van der Waals surface area contributed by atoms with E-state index < -0.39 is 17.8 Å². The maximum absolute atomic E-state index is 13.6. The van der Waals surface area contributed by atoms with Crippen LogP contribution in [-0.2, 0) is 16.1 Å². The molecule has 3 rings (SSSR count). The highest BCUT2D eigenvalue weighted by Gasteiger charge is 2.33. The van der Waals surface area contributed by atoms with Crippen molar-refractivity contribution in [1.82, 2.24) is 10.2 Å². The van der Waals surface area contributed by atoms with Crippen molar-refractivity contribution in [3.63, 3.8) is 0 Å². The van der Waals surface area contributed by atoms with Crippen LogP contribution in [-0.4, -0.2) is 28.6 Å². The summed E-state index contributed by atoms with van der Waals surface area (Å²) < 4.78 is 13.6. The van der Waals surface area contributed by atoms with E-state index in [1.54, 1.807) is 18.2 Å². The number of amides is 2. The van der Waals surface area contributed by atoms with Gasteiger partial charge in [0.1, 0.15) is 17.7 Å². The summed E-state index contributed by atoms with van der Waals surface area (Å²) in [6.45, 7) is 2.33. The fraction of sp³-hybridized carbons (Fsp3) is 0.417. The summed E-state index contributed by atoms with van der Waals surface area (Å²) in [7, 11) is 0. The molecule has 1 saturated carbocycles. The van der Waals surface area contributed by atoms with Gasteiger partial charge in [0.05, 0.1) is 0 Å². The van der Waals surface area contributed by atoms with E-state index in [-0.39, 0.29) is 24.4 Å². The van der Waals surface area contributed by atoms with Crippen LogP contribution < -0.4 is 5.32 Å². The Morgan fingerprint density at radius 2 is 1.74 bits per heavy atom. The standard InChI is InChI=1S/C24H27Cl2FN2O2/c1-16-6-12-20(13-7-16)28-24(31)23(17-8-10-19(27)11-9-17)29(22(30)14-25)15-18-4-2-3-5-21(18)26/h2-5,8-11,16,20,23H,6-7,12-15H2,1H3,(H,28,31). The number of hydrogen-bond donors (Lipinski definition) is 1. The van der Waals surface area contributed by atoms with E-state index in [0.717, 1.165) is 25.7 Å². The predicted molar refractivity (Wildman–Crippen MR) is 121 cm³/mol. The molecule has 2 aromatic carbocycles. The van der Waals surface area contributed by atoms with Crippen molar-refractivity contribution >= 4 is 35.0 Å². The molecule has 1 fully saturated rings. The quantitative estimate of drug-likeness (QED) is 0.551. The number of nitrogens with zero attached hydrogens (tertiary/aromatic N) is 1. The lowest BCUT2D eigenvalue weighted by Gasteiger charge is -2.34. The summed E-state index contributed by atoms with van der Waals surface area (Å²) in [6, 6.07) is 11.9. The fourth-order valence-electron chi connectivity index (χ4n) is 4.01. The number of halogens is 3. The van der Waals surface area contributed by atoms with E-state index in [4.69, 9.17) is 23.2 Å². The molecule has 2 amide bonds. The Bertz CT molecular complexity index is 899. The van der Waals surface area contributed by atoms with Crippen molar-refractivity contribution in [3.8, 4) is 0 Å². The Morgan fingerprint density at radius 1 is 1.10 bits per heavy atom. The smallest absolute Gasteiger partial charge is 0.247 e. The second kappa shape index (κ2) is 11.0. The highest BCUT2D eigenvalue weighted by molar-refractivity contribution is 6.31. The molecule has 0 spiro atoms. The molecule has 0 radical (unpaired) electrons. The summed E-state index contributed by atoms with van der Waals surface area (Å²) in [5, 5.41) is 3.60. The van der Waals surface area contributed by atoms with Crippen LogP contribution in [0.15, 0.2) is 48.5 Å². The molecule has 1 aliphatic rings. The highest BCUT2D eigenvalue weighted by atomic mass is 35.5. The molecule has 4 nitrogen and oxygen atoms in total. The van der Waals surface area contributed by atoms with E-state index in [1.165, 1.54) is 29.2 Å². The van der Waals surface area contributed by atoms with E-state index in [1.807, 2.05) is 6.07 Å². The van der Waals surface area contributed by atoms with Crippen LogP contribution in [0, 0.1) is 11.7 Å². The Labute approximate surface area is 192 Å². The molecule has 166 valence electrons. The topological polar surface area (TPSA) is 49.4 Å². The van der Waals surface area contributed by atoms with Gasteiger partial charge in [-0.05, 0) is 60.9 Å². The van der Waals surface area contributed by atoms with Crippen LogP contribution >= 0.6 is 23.2 Å². The monoisotopic (exact) mass is 464 g/mol. The Hall–Kier alpha value is -2.11. The Morgan fingerprint density at radius 3 is 2.35 bits per heavy atom. The summed E-state index contributed by atoms with van der Waals surface area (Å²) >= 11 is 12.2. The first-order valence-corrected chi connectivity index (χ1v) is 11.4. The van der Waals surface area contributed by atoms with Gasteiger partial charge in [0.25, 0.3) is 0 Å². The van der Waals surface area contributed by atoms with E-state index in [0.29, 0.717) is 22.1 Å². The number of nitrogens with one attached hydrogen (secondary N) is 1. The van der Waals surface area contributed by atoms with Gasteiger partial charge in [-0.25, -0.2) is 4.39 Å². The summed E-state index contributed by atoms with van der Waals surface area (Å²) in [5.74, 6) is -0.739. The molecular formula is C24H27Cl2FN2O2. The van der Waals surface area contributed by atoms with Gasteiger partial charge in [0, 0.05) is 17.6 Å². The van der Waals surface area contributed by atoms with Gasteiger partial charge in [-0.1, -0.05) is 48.9 Å². The van der Waals surface area contributed by atoms with Crippen LogP contribution in [0.25, 0.3) is 0 Å². The molecule has 0 heterocycles. The Kier molecular flexibility index (Phi) is 8.33. The predicted octanol–water partition coefficient (Wildman–Crippen LogP) is 5.48. The van der Waals surface area contributed by atoms with Crippen molar-refractivity contribution in [3.05, 3.63) is 70.5 Å². The van der Waals surface area contributed by atoms with Crippen LogP contribution in [0.1, 0.15) is 49.8 Å². The number of carbonyl (C=O) groups excluding carboxylic acids is 2. The minimum absolute atomic E-state index is 0.0555. The molecule has 7 heteroatoms. The first-order valence-electron chi connectivity index (χ1n) is 10.5. The number of carbonyl (C=O) groups is 2. The van der Waals surface area contributed by atoms with Crippen molar-refractivity contribution in [2.45, 2.75) is 51.2 Å². The molecule has 1 atom stereocenters. The van der Waals surface area contributed by atoms with Gasteiger partial charge < -0.3 is 10.2 Å². The molecule has 1 unspecified atom stereocenters. The first kappa shape index (κ1) is 23.6. The third-order valence-corrected chi connectivity index (χ3v) is 6.44.